The Balaban J connectivity index is 1.48. The van der Waals surface area contributed by atoms with Crippen molar-refractivity contribution < 1.29 is 19.5 Å². The molecule has 10 nitrogen and oxygen atoms in total. The number of hydrogen-bond acceptors (Lipinski definition) is 6. The van der Waals surface area contributed by atoms with E-state index in [1.165, 1.54) is 9.58 Å². The number of aryl methyl sites for hydroxylation is 1. The number of carbonyl (C=O) groups excluding carboxylic acids is 3. The number of primary amides is 1. The number of aliphatic hydroxyl groups is 1. The van der Waals surface area contributed by atoms with E-state index < -0.39 is 36.0 Å². The molecular formula is C28H34N6O4. The summed E-state index contributed by atoms with van der Waals surface area (Å²) in [6, 6.07) is 15.0. The summed E-state index contributed by atoms with van der Waals surface area (Å²) in [5.74, 6) is -1.68. The van der Waals surface area contributed by atoms with Crippen molar-refractivity contribution in [1.29, 1.82) is 0 Å². The zero-order chi connectivity index (χ0) is 27.4. The van der Waals surface area contributed by atoms with Gasteiger partial charge in [-0.2, -0.15) is 0 Å². The molecule has 1 saturated heterocycles. The van der Waals surface area contributed by atoms with Crippen LogP contribution in [0.1, 0.15) is 37.6 Å². The molecule has 38 heavy (non-hydrogen) atoms. The van der Waals surface area contributed by atoms with E-state index in [9.17, 15) is 19.5 Å². The first-order valence-corrected chi connectivity index (χ1v) is 12.7. The van der Waals surface area contributed by atoms with Gasteiger partial charge in [0.25, 0.3) is 0 Å². The monoisotopic (exact) mass is 518 g/mol. The molecule has 0 radical (unpaired) electrons. The van der Waals surface area contributed by atoms with E-state index in [1.807, 2.05) is 68.4 Å². The third kappa shape index (κ3) is 5.91. The van der Waals surface area contributed by atoms with Gasteiger partial charge in [-0.25, -0.2) is 4.68 Å². The number of nitrogens with one attached hydrogen (secondary N) is 1. The van der Waals surface area contributed by atoms with Gasteiger partial charge in [-0.1, -0.05) is 73.7 Å². The lowest BCUT2D eigenvalue weighted by Crippen LogP contribution is -2.54. The molecule has 200 valence electrons. The van der Waals surface area contributed by atoms with Gasteiger partial charge in [-0.05, 0) is 29.5 Å². The second-order valence-electron chi connectivity index (χ2n) is 10.1. The van der Waals surface area contributed by atoms with Gasteiger partial charge >= 0.3 is 0 Å². The van der Waals surface area contributed by atoms with E-state index in [0.717, 1.165) is 16.7 Å². The van der Waals surface area contributed by atoms with Crippen molar-refractivity contribution in [3.63, 3.8) is 0 Å². The fourth-order valence-electron chi connectivity index (χ4n) is 4.91. The van der Waals surface area contributed by atoms with Crippen LogP contribution in [0.15, 0.2) is 60.8 Å². The maximum atomic E-state index is 13.6. The van der Waals surface area contributed by atoms with E-state index in [2.05, 4.69) is 15.6 Å². The number of nitrogens with two attached hydrogens (primary N) is 1. The molecule has 3 amide bonds. The Hall–Kier alpha value is -4.05. The highest BCUT2D eigenvalue weighted by Gasteiger charge is 2.43. The van der Waals surface area contributed by atoms with Gasteiger partial charge in [0.2, 0.25) is 17.7 Å². The average molecular weight is 519 g/mol. The predicted octanol–water partition coefficient (Wildman–Crippen LogP) is 1.63. The van der Waals surface area contributed by atoms with E-state index in [-0.39, 0.29) is 31.2 Å². The molecule has 0 aliphatic carbocycles. The Labute approximate surface area is 221 Å². The van der Waals surface area contributed by atoms with Gasteiger partial charge in [0.1, 0.15) is 18.1 Å². The van der Waals surface area contributed by atoms with Crippen LogP contribution in [0.4, 0.5) is 0 Å². The molecule has 1 aliphatic heterocycles. The lowest BCUT2D eigenvalue weighted by molar-refractivity contribution is -0.143. The van der Waals surface area contributed by atoms with Gasteiger partial charge in [-0.15, -0.1) is 5.10 Å². The summed E-state index contributed by atoms with van der Waals surface area (Å²) < 4.78 is 1.54. The van der Waals surface area contributed by atoms with Crippen molar-refractivity contribution in [3.8, 4) is 11.1 Å². The van der Waals surface area contributed by atoms with Crippen LogP contribution >= 0.6 is 0 Å². The van der Waals surface area contributed by atoms with Crippen molar-refractivity contribution in [3.05, 3.63) is 72.1 Å². The van der Waals surface area contributed by atoms with Gasteiger partial charge < -0.3 is 21.1 Å². The Morgan fingerprint density at radius 3 is 2.32 bits per heavy atom. The Kier molecular flexibility index (Phi) is 8.21. The molecule has 2 aromatic carbocycles. The Morgan fingerprint density at radius 1 is 1.08 bits per heavy atom. The molecular weight excluding hydrogens is 484 g/mol. The number of nitrogens with zero attached hydrogens (tertiary/aromatic N) is 4. The van der Waals surface area contributed by atoms with Crippen molar-refractivity contribution in [1.82, 2.24) is 25.2 Å². The number of aliphatic hydroxyl groups excluding tert-OH is 1. The molecule has 4 rings (SSSR count). The van der Waals surface area contributed by atoms with Crippen molar-refractivity contribution in [2.45, 2.75) is 57.8 Å². The van der Waals surface area contributed by atoms with Crippen molar-refractivity contribution >= 4 is 17.7 Å². The molecule has 3 aromatic rings. The minimum Gasteiger partial charge on any atom is -0.391 e. The van der Waals surface area contributed by atoms with Crippen LogP contribution in [0.25, 0.3) is 11.1 Å². The first-order chi connectivity index (χ1) is 18.2. The van der Waals surface area contributed by atoms with Crippen LogP contribution in [-0.4, -0.2) is 67.5 Å². The fraction of sp³-hybridized carbons (Fsp3) is 0.393. The van der Waals surface area contributed by atoms with Crippen LogP contribution in [0.3, 0.4) is 0 Å². The van der Waals surface area contributed by atoms with Crippen molar-refractivity contribution in [2.75, 3.05) is 6.54 Å². The van der Waals surface area contributed by atoms with E-state index in [1.54, 1.807) is 13.1 Å². The highest BCUT2D eigenvalue weighted by atomic mass is 16.3. The third-order valence-corrected chi connectivity index (χ3v) is 6.93. The summed E-state index contributed by atoms with van der Waals surface area (Å²) in [5, 5.41) is 21.0. The minimum atomic E-state index is -0.974. The first kappa shape index (κ1) is 27.0. The van der Waals surface area contributed by atoms with Crippen LogP contribution < -0.4 is 11.1 Å². The van der Waals surface area contributed by atoms with Crippen LogP contribution in [-0.2, 0) is 20.8 Å². The highest BCUT2D eigenvalue weighted by molar-refractivity contribution is 5.93. The molecule has 0 bridgehead atoms. The molecule has 0 saturated carbocycles. The number of β-amino-alcohol motifs (C(OH)–C–C–N with tert-alkyl or cyclic N) is 1. The third-order valence-electron chi connectivity index (χ3n) is 6.93. The smallest absolute Gasteiger partial charge is 0.248 e. The number of amides is 3. The number of hydrogen-bond donors (Lipinski definition) is 3. The largest absolute Gasteiger partial charge is 0.391 e. The zero-order valence-corrected chi connectivity index (χ0v) is 21.8. The number of likely N-dealkylation sites (tertiary alicyclic amines) is 1. The number of carbonyl (C=O) groups is 3. The zero-order valence-electron chi connectivity index (χ0n) is 21.8. The summed E-state index contributed by atoms with van der Waals surface area (Å²) >= 11 is 0. The normalized spacial score (nSPS) is 18.8. The van der Waals surface area contributed by atoms with E-state index in [0.29, 0.717) is 5.69 Å². The topological polar surface area (TPSA) is 143 Å². The van der Waals surface area contributed by atoms with Crippen LogP contribution in [0, 0.1) is 12.8 Å². The van der Waals surface area contributed by atoms with Crippen molar-refractivity contribution in [2.24, 2.45) is 11.7 Å². The SMILES string of the molecule is Cc1cnnn1C(C(=O)N1C[C@H](O)C[C@H]1C(=O)NC(Cc1ccc(-c2ccccc2)cc1)C(N)=O)C(C)C. The van der Waals surface area contributed by atoms with Gasteiger partial charge in [0.15, 0.2) is 0 Å². The molecule has 1 fully saturated rings. The first-order valence-electron chi connectivity index (χ1n) is 12.7. The van der Waals surface area contributed by atoms with Gasteiger partial charge in [0.05, 0.1) is 18.0 Å². The predicted molar refractivity (Wildman–Crippen MR) is 141 cm³/mol. The molecule has 10 heteroatoms. The summed E-state index contributed by atoms with van der Waals surface area (Å²) in [6.07, 6.45) is 0.967. The molecule has 2 unspecified atom stereocenters. The molecule has 0 spiro atoms. The molecule has 1 aromatic heterocycles. The second kappa shape index (κ2) is 11.6. The maximum Gasteiger partial charge on any atom is 0.248 e. The molecule has 4 atom stereocenters. The molecule has 1 aliphatic rings. The van der Waals surface area contributed by atoms with Gasteiger partial charge in [0, 0.05) is 19.4 Å². The average Bonchev–Trinajstić information content (AvgIpc) is 3.49. The standard InChI is InChI=1S/C28H34N6O4/c1-17(2)25(34-18(3)15-30-32-34)28(38)33-16-22(35)14-24(33)27(37)31-23(26(29)36)13-19-9-11-21(12-10-19)20-7-5-4-6-8-20/h4-12,15,17,22-25,35H,13-14,16H2,1-3H3,(H2,29,36)(H,31,37)/t22-,23?,24+,25?/m1/s1. The maximum absolute atomic E-state index is 13.6. The number of rotatable bonds is 9. The summed E-state index contributed by atoms with van der Waals surface area (Å²) in [7, 11) is 0. The summed E-state index contributed by atoms with van der Waals surface area (Å²) in [5.41, 5.74) is 9.29. The Morgan fingerprint density at radius 2 is 1.74 bits per heavy atom. The highest BCUT2D eigenvalue weighted by Crippen LogP contribution is 2.27. The number of aromatic nitrogens is 3. The fourth-order valence-corrected chi connectivity index (χ4v) is 4.91. The van der Waals surface area contributed by atoms with Crippen LogP contribution in [0.2, 0.25) is 0 Å². The van der Waals surface area contributed by atoms with Gasteiger partial charge in [-0.3, -0.25) is 14.4 Å². The lowest BCUT2D eigenvalue weighted by Gasteiger charge is -2.30. The Bertz CT molecular complexity index is 1270. The molecule has 2 heterocycles. The van der Waals surface area contributed by atoms with E-state index >= 15 is 0 Å². The molecule has 4 N–H and O–H groups in total. The summed E-state index contributed by atoms with van der Waals surface area (Å²) in [4.78, 5) is 40.6. The second-order valence-corrected chi connectivity index (χ2v) is 10.1. The number of benzene rings is 2. The minimum absolute atomic E-state index is 0.00999. The summed E-state index contributed by atoms with van der Waals surface area (Å²) in [6.45, 7) is 5.58. The lowest BCUT2D eigenvalue weighted by atomic mass is 10.00. The quantitative estimate of drug-likeness (QED) is 0.393. The van der Waals surface area contributed by atoms with Crippen LogP contribution in [0.5, 0.6) is 0 Å². The van der Waals surface area contributed by atoms with E-state index in [4.69, 9.17) is 5.73 Å².